The van der Waals surface area contributed by atoms with Crippen LogP contribution in [0.15, 0.2) is 0 Å². The smallest absolute Gasteiger partial charge is 0 e. The van der Waals surface area contributed by atoms with E-state index < -0.39 is 0 Å². The maximum Gasteiger partial charge on any atom is 0 e. The SMILES string of the molecule is [CH2-]CCCCCCC.[CH2-]CCCCCCC.[Zn].[Zn]. The standard InChI is InChI=1S/2C8H17.2Zn/c2*1-3-5-7-8-6-4-2;;/h2*1,3-8H2,2H3;;/q2*-1;;. The van der Waals surface area contributed by atoms with Crippen LogP contribution in [-0.4, -0.2) is 0 Å². The summed E-state index contributed by atoms with van der Waals surface area (Å²) in [5, 5.41) is 0. The topological polar surface area (TPSA) is 0 Å². The van der Waals surface area contributed by atoms with Crippen LogP contribution in [0.5, 0.6) is 0 Å². The van der Waals surface area contributed by atoms with Crippen LogP contribution in [-0.2, 0) is 39.0 Å². The average molecular weight is 357 g/mol. The molecule has 0 atom stereocenters. The molecule has 0 nitrogen and oxygen atoms in total. The summed E-state index contributed by atoms with van der Waals surface area (Å²) in [6, 6.07) is 0. The fraction of sp³-hybridized carbons (Fsp3) is 0.875. The first-order chi connectivity index (χ1) is 7.83. The van der Waals surface area contributed by atoms with E-state index in [2.05, 4.69) is 27.7 Å². The van der Waals surface area contributed by atoms with Crippen molar-refractivity contribution in [1.82, 2.24) is 0 Å². The van der Waals surface area contributed by atoms with E-state index in [1.165, 1.54) is 64.2 Å². The largest absolute Gasteiger partial charge is 0.343 e. The summed E-state index contributed by atoms with van der Waals surface area (Å²) in [5.41, 5.74) is 0. The minimum atomic E-state index is 0. The van der Waals surface area contributed by atoms with Crippen molar-refractivity contribution in [3.05, 3.63) is 13.8 Å². The Balaban J connectivity index is -0.0000000980. The molecule has 0 aromatic carbocycles. The van der Waals surface area contributed by atoms with Gasteiger partial charge in [-0.1, -0.05) is 78.1 Å². The van der Waals surface area contributed by atoms with Gasteiger partial charge in [-0.25, -0.2) is 0 Å². The molecule has 0 rings (SSSR count). The zero-order valence-corrected chi connectivity index (χ0v) is 19.2. The Labute approximate surface area is 143 Å². The molecule has 0 spiro atoms. The van der Waals surface area contributed by atoms with E-state index in [-0.39, 0.29) is 39.0 Å². The summed E-state index contributed by atoms with van der Waals surface area (Å²) in [6.45, 7) is 12.0. The minimum absolute atomic E-state index is 0. The summed E-state index contributed by atoms with van der Waals surface area (Å²) >= 11 is 0. The molecule has 0 fully saturated rings. The second-order valence-corrected chi connectivity index (χ2v) is 4.54. The zero-order valence-electron chi connectivity index (χ0n) is 13.3. The first-order valence-electron chi connectivity index (χ1n) is 7.41. The summed E-state index contributed by atoms with van der Waals surface area (Å²) < 4.78 is 0. The molecule has 0 unspecified atom stereocenters. The van der Waals surface area contributed by atoms with Gasteiger partial charge in [0.2, 0.25) is 0 Å². The van der Waals surface area contributed by atoms with Gasteiger partial charge in [0.1, 0.15) is 0 Å². The first-order valence-corrected chi connectivity index (χ1v) is 7.41. The van der Waals surface area contributed by atoms with Crippen molar-refractivity contribution in [3.63, 3.8) is 0 Å². The van der Waals surface area contributed by atoms with Crippen molar-refractivity contribution >= 4 is 0 Å². The van der Waals surface area contributed by atoms with E-state index in [1.807, 2.05) is 0 Å². The van der Waals surface area contributed by atoms with Crippen molar-refractivity contribution in [1.29, 1.82) is 0 Å². The molecule has 0 saturated carbocycles. The van der Waals surface area contributed by atoms with Crippen molar-refractivity contribution in [2.45, 2.75) is 90.9 Å². The monoisotopic (exact) mass is 354 g/mol. The predicted molar refractivity (Wildman–Crippen MR) is 77.5 cm³/mol. The van der Waals surface area contributed by atoms with Crippen LogP contribution in [0.2, 0.25) is 0 Å². The molecule has 0 heterocycles. The molecule has 18 heavy (non-hydrogen) atoms. The molecule has 0 bridgehead atoms. The third-order valence-electron chi connectivity index (χ3n) is 2.71. The van der Waals surface area contributed by atoms with Crippen LogP contribution >= 0.6 is 0 Å². The van der Waals surface area contributed by atoms with Crippen molar-refractivity contribution in [3.8, 4) is 0 Å². The van der Waals surface area contributed by atoms with Crippen molar-refractivity contribution in [2.24, 2.45) is 0 Å². The Morgan fingerprint density at radius 2 is 0.778 bits per heavy atom. The Hall–Kier alpha value is 1.25. The maximum absolute atomic E-state index is 3.78. The third-order valence-corrected chi connectivity index (χ3v) is 2.71. The van der Waals surface area contributed by atoms with Crippen molar-refractivity contribution in [2.75, 3.05) is 0 Å². The minimum Gasteiger partial charge on any atom is -0.343 e. The molecule has 0 N–H and O–H groups in total. The number of hydrogen-bond donors (Lipinski definition) is 0. The first kappa shape index (κ1) is 27.6. The van der Waals surface area contributed by atoms with E-state index in [0.717, 1.165) is 12.8 Å². The van der Waals surface area contributed by atoms with Gasteiger partial charge in [0.15, 0.2) is 0 Å². The number of hydrogen-bond acceptors (Lipinski definition) is 0. The van der Waals surface area contributed by atoms with E-state index >= 15 is 0 Å². The van der Waals surface area contributed by atoms with Crippen molar-refractivity contribution < 1.29 is 39.0 Å². The molecule has 0 saturated heterocycles. The second-order valence-electron chi connectivity index (χ2n) is 4.54. The third kappa shape index (κ3) is 36.0. The van der Waals surface area contributed by atoms with Crippen LogP contribution in [0.25, 0.3) is 0 Å². The zero-order chi connectivity index (χ0) is 12.5. The van der Waals surface area contributed by atoms with Crippen LogP contribution in [0.1, 0.15) is 90.9 Å². The van der Waals surface area contributed by atoms with Gasteiger partial charge in [-0.2, -0.15) is 12.8 Å². The number of unbranched alkanes of at least 4 members (excludes halogenated alkanes) is 10. The second kappa shape index (κ2) is 30.9. The summed E-state index contributed by atoms with van der Waals surface area (Å²) in [7, 11) is 0. The normalized spacial score (nSPS) is 8.67. The quantitative estimate of drug-likeness (QED) is 0.243. The molecule has 0 radical (unpaired) electrons. The molecule has 0 amide bonds. The molecule has 0 aromatic rings. The fourth-order valence-corrected chi connectivity index (χ4v) is 1.56. The molecule has 0 aliphatic rings. The van der Waals surface area contributed by atoms with Gasteiger partial charge in [0.05, 0.1) is 0 Å². The van der Waals surface area contributed by atoms with E-state index in [1.54, 1.807) is 0 Å². The number of rotatable bonds is 10. The fourth-order valence-electron chi connectivity index (χ4n) is 1.56. The van der Waals surface area contributed by atoms with Crippen LogP contribution in [0.4, 0.5) is 0 Å². The Morgan fingerprint density at radius 3 is 1.00 bits per heavy atom. The molecule has 0 aliphatic carbocycles. The maximum atomic E-state index is 3.78. The molecule has 0 aromatic heterocycles. The van der Waals surface area contributed by atoms with Crippen LogP contribution < -0.4 is 0 Å². The van der Waals surface area contributed by atoms with Gasteiger partial charge in [-0.3, -0.25) is 0 Å². The molecule has 104 valence electrons. The Kier molecular flexibility index (Phi) is 47.4. The van der Waals surface area contributed by atoms with E-state index in [4.69, 9.17) is 0 Å². The van der Waals surface area contributed by atoms with Gasteiger partial charge in [-0.15, -0.1) is 0 Å². The van der Waals surface area contributed by atoms with E-state index in [9.17, 15) is 0 Å². The predicted octanol–water partition coefficient (Wildman–Crippen LogP) is 6.36. The molecule has 0 aliphatic heterocycles. The molecular weight excluding hydrogens is 323 g/mol. The van der Waals surface area contributed by atoms with Crippen LogP contribution in [0, 0.1) is 13.8 Å². The Morgan fingerprint density at radius 1 is 0.500 bits per heavy atom. The summed E-state index contributed by atoms with van der Waals surface area (Å²) in [5.74, 6) is 0. The molecular formula is C16H34Zn2-2. The Bertz CT molecular complexity index is 71.1. The van der Waals surface area contributed by atoms with Gasteiger partial charge < -0.3 is 13.8 Å². The van der Waals surface area contributed by atoms with Gasteiger partial charge >= 0.3 is 0 Å². The summed E-state index contributed by atoms with van der Waals surface area (Å²) in [6.07, 6.45) is 16.0. The molecule has 2 heteroatoms. The van der Waals surface area contributed by atoms with Gasteiger partial charge in [0, 0.05) is 39.0 Å². The van der Waals surface area contributed by atoms with Crippen LogP contribution in [0.3, 0.4) is 0 Å². The average Bonchev–Trinajstić information content (AvgIpc) is 2.31. The summed E-state index contributed by atoms with van der Waals surface area (Å²) in [4.78, 5) is 0. The van der Waals surface area contributed by atoms with E-state index in [0.29, 0.717) is 0 Å². The van der Waals surface area contributed by atoms with Gasteiger partial charge in [0.25, 0.3) is 0 Å². The van der Waals surface area contributed by atoms with Gasteiger partial charge in [-0.05, 0) is 0 Å².